The number of carbonyl (C=O) groups is 1. The van der Waals surface area contributed by atoms with Gasteiger partial charge in [-0.25, -0.2) is 0 Å². The van der Waals surface area contributed by atoms with Gasteiger partial charge in [-0.15, -0.1) is 0 Å². The monoisotopic (exact) mass is 284 g/mol. The van der Waals surface area contributed by atoms with Crippen LogP contribution in [0.15, 0.2) is 36.4 Å². The van der Waals surface area contributed by atoms with Crippen molar-refractivity contribution in [3.05, 3.63) is 42.0 Å². The summed E-state index contributed by atoms with van der Waals surface area (Å²) in [6.07, 6.45) is 3.32. The second kappa shape index (κ2) is 6.14. The van der Waals surface area contributed by atoms with Gasteiger partial charge in [0.2, 0.25) is 0 Å². The molecule has 0 unspecified atom stereocenters. The molecule has 1 atom stereocenters. The van der Waals surface area contributed by atoms with Crippen LogP contribution < -0.4 is 10.6 Å². The second-order valence-corrected chi connectivity index (χ2v) is 5.52. The second-order valence-electron chi connectivity index (χ2n) is 5.52. The molecule has 0 spiro atoms. The summed E-state index contributed by atoms with van der Waals surface area (Å²) in [4.78, 5) is 12.2. The summed E-state index contributed by atoms with van der Waals surface area (Å²) in [6, 6.07) is 11.6. The third-order valence-electron chi connectivity index (χ3n) is 4.09. The van der Waals surface area contributed by atoms with Gasteiger partial charge >= 0.3 is 0 Å². The molecule has 110 valence electrons. The maximum absolute atomic E-state index is 12.2. The highest BCUT2D eigenvalue weighted by molar-refractivity contribution is 6.03. The molecular formula is C17H20N2O2. The van der Waals surface area contributed by atoms with Crippen LogP contribution in [0.3, 0.4) is 0 Å². The van der Waals surface area contributed by atoms with Gasteiger partial charge in [0.1, 0.15) is 5.75 Å². The molecule has 1 aliphatic rings. The number of carbonyl (C=O) groups excluding carboxylic acids is 1. The van der Waals surface area contributed by atoms with E-state index in [0.29, 0.717) is 23.5 Å². The van der Waals surface area contributed by atoms with Crippen LogP contribution in [0.4, 0.5) is 0 Å². The first-order valence-electron chi connectivity index (χ1n) is 7.48. The van der Waals surface area contributed by atoms with Crippen molar-refractivity contribution in [2.24, 2.45) is 0 Å². The molecule has 2 aromatic rings. The van der Waals surface area contributed by atoms with Crippen molar-refractivity contribution in [2.45, 2.75) is 25.3 Å². The van der Waals surface area contributed by atoms with Crippen molar-refractivity contribution >= 4 is 16.7 Å². The molecule has 0 bridgehead atoms. The van der Waals surface area contributed by atoms with Crippen LogP contribution in [0.1, 0.15) is 29.6 Å². The average molecular weight is 284 g/mol. The van der Waals surface area contributed by atoms with Gasteiger partial charge in [0.25, 0.3) is 5.91 Å². The number of nitrogens with one attached hydrogen (secondary N) is 2. The van der Waals surface area contributed by atoms with E-state index in [1.54, 1.807) is 6.07 Å². The van der Waals surface area contributed by atoms with Gasteiger partial charge in [-0.2, -0.15) is 0 Å². The number of amides is 1. The lowest BCUT2D eigenvalue weighted by atomic mass is 10.0. The maximum Gasteiger partial charge on any atom is 0.255 e. The predicted octanol–water partition coefficient (Wildman–Crippen LogP) is 2.42. The van der Waals surface area contributed by atoms with Gasteiger partial charge in [0.05, 0.1) is 5.56 Å². The highest BCUT2D eigenvalue weighted by Gasteiger charge is 2.16. The largest absolute Gasteiger partial charge is 0.506 e. The number of rotatable bonds is 4. The molecule has 4 nitrogen and oxygen atoms in total. The van der Waals surface area contributed by atoms with Gasteiger partial charge in [0, 0.05) is 18.0 Å². The number of phenolic OH excluding ortho intramolecular Hbond substituents is 1. The Bertz CT molecular complexity index is 648. The van der Waals surface area contributed by atoms with E-state index in [4.69, 9.17) is 0 Å². The number of fused-ring (bicyclic) bond motifs is 1. The van der Waals surface area contributed by atoms with Crippen LogP contribution in [0.2, 0.25) is 0 Å². The third kappa shape index (κ3) is 3.00. The molecule has 0 saturated carbocycles. The summed E-state index contributed by atoms with van der Waals surface area (Å²) in [6.45, 7) is 1.70. The summed E-state index contributed by atoms with van der Waals surface area (Å²) in [5, 5.41) is 18.2. The van der Waals surface area contributed by atoms with E-state index in [0.717, 1.165) is 18.4 Å². The van der Waals surface area contributed by atoms with Crippen LogP contribution >= 0.6 is 0 Å². The van der Waals surface area contributed by atoms with E-state index in [1.165, 1.54) is 12.8 Å². The number of hydrogen-bond donors (Lipinski definition) is 3. The Morgan fingerprint density at radius 3 is 2.95 bits per heavy atom. The molecule has 0 radical (unpaired) electrons. The molecule has 1 heterocycles. The molecule has 1 saturated heterocycles. The lowest BCUT2D eigenvalue weighted by Gasteiger charge is -2.12. The number of phenols is 1. The zero-order chi connectivity index (χ0) is 14.7. The van der Waals surface area contributed by atoms with Crippen LogP contribution in [0.25, 0.3) is 10.8 Å². The zero-order valence-electron chi connectivity index (χ0n) is 11.9. The van der Waals surface area contributed by atoms with Crippen LogP contribution in [-0.2, 0) is 0 Å². The summed E-state index contributed by atoms with van der Waals surface area (Å²) in [5.41, 5.74) is 0.341. The average Bonchev–Trinajstić information content (AvgIpc) is 3.01. The summed E-state index contributed by atoms with van der Waals surface area (Å²) >= 11 is 0. The summed E-state index contributed by atoms with van der Waals surface area (Å²) in [5.74, 6) is -0.152. The number of hydrogen-bond acceptors (Lipinski definition) is 3. The standard InChI is InChI=1S/C17H20N2O2/c20-16-14-6-2-1-4-12(14)7-8-15(16)17(21)19-11-9-13-5-3-10-18-13/h1-2,4,6-8,13,18,20H,3,5,9-11H2,(H,19,21)/t13-/m1/s1. The third-order valence-corrected chi connectivity index (χ3v) is 4.09. The van der Waals surface area contributed by atoms with Crippen LogP contribution in [-0.4, -0.2) is 30.1 Å². The predicted molar refractivity (Wildman–Crippen MR) is 83.6 cm³/mol. The van der Waals surface area contributed by atoms with Crippen molar-refractivity contribution in [3.63, 3.8) is 0 Å². The fourth-order valence-electron chi connectivity index (χ4n) is 2.90. The van der Waals surface area contributed by atoms with Gasteiger partial charge < -0.3 is 15.7 Å². The Hall–Kier alpha value is -2.07. The minimum absolute atomic E-state index is 0.0598. The number of benzene rings is 2. The fraction of sp³-hybridized carbons (Fsp3) is 0.353. The van der Waals surface area contributed by atoms with Gasteiger partial charge in [0.15, 0.2) is 0 Å². The highest BCUT2D eigenvalue weighted by atomic mass is 16.3. The Labute approximate surface area is 124 Å². The van der Waals surface area contributed by atoms with Crippen LogP contribution in [0.5, 0.6) is 5.75 Å². The zero-order valence-corrected chi connectivity index (χ0v) is 11.9. The molecule has 1 aliphatic heterocycles. The molecular weight excluding hydrogens is 264 g/mol. The van der Waals surface area contributed by atoms with E-state index in [-0.39, 0.29) is 11.7 Å². The van der Waals surface area contributed by atoms with Crippen molar-refractivity contribution in [1.29, 1.82) is 0 Å². The van der Waals surface area contributed by atoms with E-state index >= 15 is 0 Å². The first-order valence-corrected chi connectivity index (χ1v) is 7.48. The minimum atomic E-state index is -0.212. The topological polar surface area (TPSA) is 61.4 Å². The van der Waals surface area contributed by atoms with Crippen molar-refractivity contribution in [2.75, 3.05) is 13.1 Å². The fourth-order valence-corrected chi connectivity index (χ4v) is 2.90. The summed E-state index contributed by atoms with van der Waals surface area (Å²) < 4.78 is 0. The Balaban J connectivity index is 1.68. The first kappa shape index (κ1) is 13.9. The van der Waals surface area contributed by atoms with Gasteiger partial charge in [-0.3, -0.25) is 4.79 Å². The van der Waals surface area contributed by atoms with Gasteiger partial charge in [-0.1, -0.05) is 30.3 Å². The Morgan fingerprint density at radius 1 is 1.29 bits per heavy atom. The smallest absolute Gasteiger partial charge is 0.255 e. The maximum atomic E-state index is 12.2. The molecule has 1 fully saturated rings. The molecule has 4 heteroatoms. The van der Waals surface area contributed by atoms with Crippen molar-refractivity contribution in [1.82, 2.24) is 10.6 Å². The minimum Gasteiger partial charge on any atom is -0.506 e. The number of aromatic hydroxyl groups is 1. The molecule has 3 rings (SSSR count). The molecule has 2 aromatic carbocycles. The molecule has 3 N–H and O–H groups in total. The van der Waals surface area contributed by atoms with Gasteiger partial charge in [-0.05, 0) is 37.3 Å². The quantitative estimate of drug-likeness (QED) is 0.808. The lowest BCUT2D eigenvalue weighted by Crippen LogP contribution is -2.30. The normalized spacial score (nSPS) is 18.0. The van der Waals surface area contributed by atoms with E-state index in [2.05, 4.69) is 10.6 Å². The van der Waals surface area contributed by atoms with Crippen LogP contribution in [0, 0.1) is 0 Å². The Kier molecular flexibility index (Phi) is 4.06. The molecule has 0 aliphatic carbocycles. The Morgan fingerprint density at radius 2 is 2.14 bits per heavy atom. The molecule has 0 aromatic heterocycles. The molecule has 1 amide bonds. The van der Waals surface area contributed by atoms with E-state index in [9.17, 15) is 9.90 Å². The van der Waals surface area contributed by atoms with E-state index < -0.39 is 0 Å². The molecule has 21 heavy (non-hydrogen) atoms. The lowest BCUT2D eigenvalue weighted by molar-refractivity contribution is 0.0950. The van der Waals surface area contributed by atoms with Crippen molar-refractivity contribution < 1.29 is 9.90 Å². The summed E-state index contributed by atoms with van der Waals surface area (Å²) in [7, 11) is 0. The highest BCUT2D eigenvalue weighted by Crippen LogP contribution is 2.28. The first-order chi connectivity index (χ1) is 10.3. The van der Waals surface area contributed by atoms with Crippen molar-refractivity contribution in [3.8, 4) is 5.75 Å². The SMILES string of the molecule is O=C(NCC[C@H]1CCCN1)c1ccc2ccccc2c1O. The van der Waals surface area contributed by atoms with E-state index in [1.807, 2.05) is 30.3 Å².